The zero-order chi connectivity index (χ0) is 11.5. The number of carbonyl (C=O) groups excluding carboxylic acids is 1. The van der Waals surface area contributed by atoms with E-state index in [4.69, 9.17) is 0 Å². The van der Waals surface area contributed by atoms with E-state index in [1.54, 1.807) is 0 Å². The molecular formula is C12H24N2O. The van der Waals surface area contributed by atoms with Crippen LogP contribution in [-0.4, -0.2) is 35.5 Å². The maximum Gasteiger partial charge on any atom is 0.219 e. The van der Waals surface area contributed by atoms with Crippen LogP contribution in [0.25, 0.3) is 0 Å². The highest BCUT2D eigenvalue weighted by atomic mass is 16.1. The molecule has 1 N–H and O–H groups in total. The molecule has 1 aliphatic rings. The summed E-state index contributed by atoms with van der Waals surface area (Å²) in [7, 11) is 0. The number of hydrogen-bond acceptors (Lipinski definition) is 2. The van der Waals surface area contributed by atoms with Crippen molar-refractivity contribution in [1.29, 1.82) is 0 Å². The average molecular weight is 212 g/mol. The second-order valence-electron chi connectivity index (χ2n) is 5.38. The van der Waals surface area contributed by atoms with Gasteiger partial charge in [-0.1, -0.05) is 6.92 Å². The third-order valence-electron chi connectivity index (χ3n) is 3.06. The van der Waals surface area contributed by atoms with Gasteiger partial charge in [0.15, 0.2) is 0 Å². The molecule has 0 radical (unpaired) electrons. The molecule has 1 rings (SSSR count). The largest absolute Gasteiger partial charge is 0.352 e. The summed E-state index contributed by atoms with van der Waals surface area (Å²) < 4.78 is 0. The van der Waals surface area contributed by atoms with E-state index < -0.39 is 0 Å². The lowest BCUT2D eigenvalue weighted by atomic mass is 9.98. The molecule has 88 valence electrons. The number of likely N-dealkylation sites (tertiary alicyclic amines) is 1. The summed E-state index contributed by atoms with van der Waals surface area (Å²) in [6, 6.07) is 0.352. The third kappa shape index (κ3) is 3.82. The molecule has 3 heteroatoms. The standard InChI is InChI=1S/C12H24N2O/c1-5-11(15)13-10-7-6-8-14(9-10)12(2,3)4/h10H,5-9H2,1-4H3,(H,13,15). The summed E-state index contributed by atoms with van der Waals surface area (Å²) in [6.07, 6.45) is 2.90. The number of amides is 1. The highest BCUT2D eigenvalue weighted by molar-refractivity contribution is 5.75. The summed E-state index contributed by atoms with van der Waals surface area (Å²) in [6.45, 7) is 10.8. The normalized spacial score (nSPS) is 23.9. The van der Waals surface area contributed by atoms with Crippen molar-refractivity contribution in [3.63, 3.8) is 0 Å². The minimum atomic E-state index is 0.177. The first-order valence-corrected chi connectivity index (χ1v) is 5.98. The first-order chi connectivity index (χ1) is 6.93. The summed E-state index contributed by atoms with van der Waals surface area (Å²) in [4.78, 5) is 13.8. The van der Waals surface area contributed by atoms with Crippen LogP contribution in [0.3, 0.4) is 0 Å². The van der Waals surface area contributed by atoms with Crippen molar-refractivity contribution >= 4 is 5.91 Å². The minimum absolute atomic E-state index is 0.177. The molecule has 0 aliphatic carbocycles. The monoisotopic (exact) mass is 212 g/mol. The van der Waals surface area contributed by atoms with Crippen molar-refractivity contribution in [1.82, 2.24) is 10.2 Å². The van der Waals surface area contributed by atoms with Crippen LogP contribution >= 0.6 is 0 Å². The minimum Gasteiger partial charge on any atom is -0.352 e. The van der Waals surface area contributed by atoms with Gasteiger partial charge in [-0.05, 0) is 40.2 Å². The van der Waals surface area contributed by atoms with E-state index in [0.717, 1.165) is 19.5 Å². The van der Waals surface area contributed by atoms with Crippen molar-refractivity contribution in [2.45, 2.75) is 58.5 Å². The van der Waals surface area contributed by atoms with Gasteiger partial charge in [0.2, 0.25) is 5.91 Å². The Bertz CT molecular complexity index is 220. The van der Waals surface area contributed by atoms with Crippen LogP contribution < -0.4 is 5.32 Å². The van der Waals surface area contributed by atoms with Gasteiger partial charge in [0.05, 0.1) is 0 Å². The van der Waals surface area contributed by atoms with Crippen LogP contribution in [0.2, 0.25) is 0 Å². The molecule has 0 saturated carbocycles. The molecule has 1 unspecified atom stereocenters. The predicted octanol–water partition coefficient (Wildman–Crippen LogP) is 1.78. The zero-order valence-electron chi connectivity index (χ0n) is 10.5. The lowest BCUT2D eigenvalue weighted by Crippen LogP contribution is -2.53. The molecule has 15 heavy (non-hydrogen) atoms. The number of rotatable bonds is 2. The zero-order valence-corrected chi connectivity index (χ0v) is 10.5. The van der Waals surface area contributed by atoms with Gasteiger partial charge in [-0.3, -0.25) is 9.69 Å². The number of piperidine rings is 1. The van der Waals surface area contributed by atoms with Crippen molar-refractivity contribution in [3.05, 3.63) is 0 Å². The fourth-order valence-electron chi connectivity index (χ4n) is 2.03. The maximum absolute atomic E-state index is 11.3. The second kappa shape index (κ2) is 4.97. The van der Waals surface area contributed by atoms with Crippen LogP contribution in [0.15, 0.2) is 0 Å². The molecule has 3 nitrogen and oxygen atoms in total. The van der Waals surface area contributed by atoms with Crippen LogP contribution in [-0.2, 0) is 4.79 Å². The average Bonchev–Trinajstić information content (AvgIpc) is 2.17. The Kier molecular flexibility index (Phi) is 4.14. The summed E-state index contributed by atoms with van der Waals surface area (Å²) in [5.74, 6) is 0.177. The Morgan fingerprint density at radius 1 is 1.47 bits per heavy atom. The molecule has 0 bridgehead atoms. The van der Waals surface area contributed by atoms with Gasteiger partial charge in [0, 0.05) is 24.5 Å². The lowest BCUT2D eigenvalue weighted by Gasteiger charge is -2.41. The molecule has 0 spiro atoms. The molecule has 0 aromatic carbocycles. The van der Waals surface area contributed by atoms with Gasteiger partial charge in [-0.2, -0.15) is 0 Å². The first-order valence-electron chi connectivity index (χ1n) is 5.98. The predicted molar refractivity (Wildman–Crippen MR) is 62.8 cm³/mol. The van der Waals surface area contributed by atoms with E-state index in [-0.39, 0.29) is 11.4 Å². The summed E-state index contributed by atoms with van der Waals surface area (Å²) in [5, 5.41) is 3.09. The molecule has 0 aromatic heterocycles. The maximum atomic E-state index is 11.3. The lowest BCUT2D eigenvalue weighted by molar-refractivity contribution is -0.122. The van der Waals surface area contributed by atoms with Crippen LogP contribution in [0.4, 0.5) is 0 Å². The van der Waals surface area contributed by atoms with E-state index in [1.807, 2.05) is 6.92 Å². The van der Waals surface area contributed by atoms with Crippen molar-refractivity contribution in [3.8, 4) is 0 Å². The smallest absolute Gasteiger partial charge is 0.219 e. The fourth-order valence-corrected chi connectivity index (χ4v) is 2.03. The molecule has 1 heterocycles. The summed E-state index contributed by atoms with van der Waals surface area (Å²) in [5.41, 5.74) is 0.218. The van der Waals surface area contributed by atoms with Crippen molar-refractivity contribution in [2.24, 2.45) is 0 Å². The molecule has 1 aliphatic heterocycles. The summed E-state index contributed by atoms with van der Waals surface area (Å²) >= 11 is 0. The van der Waals surface area contributed by atoms with Gasteiger partial charge in [-0.25, -0.2) is 0 Å². The van der Waals surface area contributed by atoms with E-state index in [2.05, 4.69) is 31.0 Å². The van der Waals surface area contributed by atoms with Gasteiger partial charge >= 0.3 is 0 Å². The highest BCUT2D eigenvalue weighted by Crippen LogP contribution is 2.19. The Hall–Kier alpha value is -0.570. The van der Waals surface area contributed by atoms with Crippen molar-refractivity contribution < 1.29 is 4.79 Å². The van der Waals surface area contributed by atoms with Crippen LogP contribution in [0.1, 0.15) is 47.0 Å². The third-order valence-corrected chi connectivity index (χ3v) is 3.06. The number of nitrogens with one attached hydrogen (secondary N) is 1. The van der Waals surface area contributed by atoms with Gasteiger partial charge < -0.3 is 5.32 Å². The van der Waals surface area contributed by atoms with Crippen LogP contribution in [0, 0.1) is 0 Å². The Labute approximate surface area is 93.2 Å². The molecule has 1 saturated heterocycles. The molecular weight excluding hydrogens is 188 g/mol. The van der Waals surface area contributed by atoms with Gasteiger partial charge in [0.25, 0.3) is 0 Å². The molecule has 0 aromatic rings. The van der Waals surface area contributed by atoms with E-state index in [1.165, 1.54) is 6.42 Å². The topological polar surface area (TPSA) is 32.3 Å². The van der Waals surface area contributed by atoms with E-state index >= 15 is 0 Å². The highest BCUT2D eigenvalue weighted by Gasteiger charge is 2.28. The van der Waals surface area contributed by atoms with Gasteiger partial charge in [0.1, 0.15) is 0 Å². The van der Waals surface area contributed by atoms with Crippen LogP contribution in [0.5, 0.6) is 0 Å². The quantitative estimate of drug-likeness (QED) is 0.756. The van der Waals surface area contributed by atoms with E-state index in [9.17, 15) is 4.79 Å². The first kappa shape index (κ1) is 12.5. The second-order valence-corrected chi connectivity index (χ2v) is 5.38. The van der Waals surface area contributed by atoms with Gasteiger partial charge in [-0.15, -0.1) is 0 Å². The molecule has 1 fully saturated rings. The number of hydrogen-bond donors (Lipinski definition) is 1. The Morgan fingerprint density at radius 2 is 2.13 bits per heavy atom. The Balaban J connectivity index is 2.46. The van der Waals surface area contributed by atoms with Crippen molar-refractivity contribution in [2.75, 3.05) is 13.1 Å². The van der Waals surface area contributed by atoms with E-state index in [0.29, 0.717) is 12.5 Å². The number of carbonyl (C=O) groups is 1. The SMILES string of the molecule is CCC(=O)NC1CCCN(C(C)(C)C)C1. The Morgan fingerprint density at radius 3 is 2.67 bits per heavy atom. The molecule has 1 amide bonds. The number of nitrogens with zero attached hydrogens (tertiary/aromatic N) is 1. The fraction of sp³-hybridized carbons (Fsp3) is 0.917. The molecule has 1 atom stereocenters.